The summed E-state index contributed by atoms with van der Waals surface area (Å²) in [7, 11) is 0. The quantitative estimate of drug-likeness (QED) is 0.665. The van der Waals surface area contributed by atoms with E-state index in [1.807, 2.05) is 0 Å². The van der Waals surface area contributed by atoms with E-state index in [0.717, 1.165) is 25.7 Å². The summed E-state index contributed by atoms with van der Waals surface area (Å²) >= 11 is 0. The van der Waals surface area contributed by atoms with Crippen molar-refractivity contribution < 1.29 is 9.66 Å². The Hall–Kier alpha value is -1.53. The number of rotatable bonds is 5. The highest BCUT2D eigenvalue weighted by Crippen LogP contribution is 2.27. The minimum absolute atomic E-state index is 0.128. The van der Waals surface area contributed by atoms with Gasteiger partial charge in [0.05, 0.1) is 29.4 Å². The number of nitro groups is 1. The largest absolute Gasteiger partial charge is 0.373 e. The van der Waals surface area contributed by atoms with Crippen LogP contribution in [0.25, 0.3) is 0 Å². The third-order valence-corrected chi connectivity index (χ3v) is 4.24. The molecule has 0 aromatic carbocycles. The molecule has 21 heavy (non-hydrogen) atoms. The average molecular weight is 293 g/mol. The van der Waals surface area contributed by atoms with Crippen LogP contribution in [0.3, 0.4) is 0 Å². The summed E-state index contributed by atoms with van der Waals surface area (Å²) in [5.74, 6) is 0. The summed E-state index contributed by atoms with van der Waals surface area (Å²) in [5, 5.41) is 11.1. The highest BCUT2D eigenvalue weighted by molar-refractivity contribution is 5.47. The fraction of sp³-hybridized carbons (Fsp3) is 0.667. The van der Waals surface area contributed by atoms with Gasteiger partial charge in [-0.15, -0.1) is 0 Å². The summed E-state index contributed by atoms with van der Waals surface area (Å²) in [6.45, 7) is 4.16. The van der Waals surface area contributed by atoms with E-state index in [-0.39, 0.29) is 22.8 Å². The summed E-state index contributed by atoms with van der Waals surface area (Å²) in [6.07, 6.45) is 7.02. The molecule has 1 aromatic rings. The Morgan fingerprint density at radius 1 is 1.38 bits per heavy atom. The Bertz CT molecular complexity index is 525. The second-order valence-corrected chi connectivity index (χ2v) is 6.03. The van der Waals surface area contributed by atoms with Crippen LogP contribution in [0.2, 0.25) is 0 Å². The van der Waals surface area contributed by atoms with Crippen LogP contribution in [0.1, 0.15) is 48.9 Å². The molecule has 0 unspecified atom stereocenters. The molecule has 1 aliphatic carbocycles. The maximum atomic E-state index is 11.1. The van der Waals surface area contributed by atoms with Crippen LogP contribution in [0.15, 0.2) is 6.20 Å². The topological polar surface area (TPSA) is 91.3 Å². The molecule has 0 bridgehead atoms. The van der Waals surface area contributed by atoms with Crippen LogP contribution in [0.4, 0.5) is 5.69 Å². The van der Waals surface area contributed by atoms with Crippen molar-refractivity contribution in [2.45, 2.75) is 58.1 Å². The second-order valence-electron chi connectivity index (χ2n) is 6.03. The number of hydrogen-bond acceptors (Lipinski definition) is 5. The van der Waals surface area contributed by atoms with Crippen LogP contribution in [0.5, 0.6) is 0 Å². The predicted octanol–water partition coefficient (Wildman–Crippen LogP) is 2.78. The van der Waals surface area contributed by atoms with E-state index >= 15 is 0 Å². The molecule has 6 nitrogen and oxygen atoms in total. The van der Waals surface area contributed by atoms with Gasteiger partial charge >= 0.3 is 0 Å². The van der Waals surface area contributed by atoms with Gasteiger partial charge in [0, 0.05) is 17.3 Å². The van der Waals surface area contributed by atoms with Crippen LogP contribution >= 0.6 is 0 Å². The van der Waals surface area contributed by atoms with Gasteiger partial charge in [-0.3, -0.25) is 15.1 Å². The minimum atomic E-state index is -0.360. The smallest absolute Gasteiger partial charge is 0.278 e. The predicted molar refractivity (Wildman–Crippen MR) is 80.0 cm³/mol. The first kappa shape index (κ1) is 15.9. The van der Waals surface area contributed by atoms with Gasteiger partial charge in [0.2, 0.25) is 0 Å². The van der Waals surface area contributed by atoms with Crippen molar-refractivity contribution >= 4 is 5.69 Å². The molecule has 0 spiro atoms. The summed E-state index contributed by atoms with van der Waals surface area (Å²) < 4.78 is 5.71. The van der Waals surface area contributed by atoms with Crippen LogP contribution in [-0.2, 0) is 11.3 Å². The van der Waals surface area contributed by atoms with Gasteiger partial charge in [-0.2, -0.15) is 0 Å². The number of nitrogens with zero attached hydrogens (tertiary/aromatic N) is 2. The molecular weight excluding hydrogens is 270 g/mol. The number of ether oxygens (including phenoxy) is 1. The van der Waals surface area contributed by atoms with Gasteiger partial charge in [-0.1, -0.05) is 19.3 Å². The van der Waals surface area contributed by atoms with E-state index in [4.69, 9.17) is 10.5 Å². The lowest BCUT2D eigenvalue weighted by atomic mass is 9.83. The van der Waals surface area contributed by atoms with Crippen molar-refractivity contribution in [2.24, 2.45) is 5.73 Å². The number of aryl methyl sites for hydroxylation is 1. The lowest BCUT2D eigenvalue weighted by Crippen LogP contribution is -2.46. The summed E-state index contributed by atoms with van der Waals surface area (Å²) in [6, 6.07) is 0. The second kappa shape index (κ2) is 6.49. The molecule has 1 aromatic heterocycles. The SMILES string of the molecule is Cc1cnc(COCC2(N)CCCCC2)c(C)c1[N+](=O)[O-]. The molecule has 0 aliphatic heterocycles. The zero-order valence-corrected chi connectivity index (χ0v) is 12.7. The Labute approximate surface area is 124 Å². The molecular formula is C15H23N3O3. The van der Waals surface area contributed by atoms with E-state index in [9.17, 15) is 10.1 Å². The first-order chi connectivity index (χ1) is 9.93. The number of hydrogen-bond donors (Lipinski definition) is 1. The third kappa shape index (κ3) is 3.77. The Morgan fingerprint density at radius 2 is 2.05 bits per heavy atom. The first-order valence-electron chi connectivity index (χ1n) is 7.39. The molecule has 1 heterocycles. The molecule has 0 atom stereocenters. The third-order valence-electron chi connectivity index (χ3n) is 4.24. The molecule has 1 fully saturated rings. The normalized spacial score (nSPS) is 17.7. The van der Waals surface area contributed by atoms with Crippen molar-refractivity contribution in [3.63, 3.8) is 0 Å². The molecule has 0 radical (unpaired) electrons. The van der Waals surface area contributed by atoms with Gasteiger partial charge in [-0.25, -0.2) is 0 Å². The molecule has 2 N–H and O–H groups in total. The lowest BCUT2D eigenvalue weighted by molar-refractivity contribution is -0.386. The van der Waals surface area contributed by atoms with Crippen molar-refractivity contribution in [2.75, 3.05) is 6.61 Å². The average Bonchev–Trinajstić information content (AvgIpc) is 2.42. The Kier molecular flexibility index (Phi) is 4.90. The van der Waals surface area contributed by atoms with E-state index in [1.54, 1.807) is 13.8 Å². The summed E-state index contributed by atoms with van der Waals surface area (Å²) in [5.41, 5.74) is 7.96. The van der Waals surface area contributed by atoms with Gasteiger partial charge in [0.1, 0.15) is 0 Å². The van der Waals surface area contributed by atoms with Crippen molar-refractivity contribution in [1.82, 2.24) is 4.98 Å². The highest BCUT2D eigenvalue weighted by atomic mass is 16.6. The molecule has 116 valence electrons. The highest BCUT2D eigenvalue weighted by Gasteiger charge is 2.28. The van der Waals surface area contributed by atoms with Crippen molar-refractivity contribution in [1.29, 1.82) is 0 Å². The van der Waals surface area contributed by atoms with Gasteiger partial charge in [0.15, 0.2) is 0 Å². The molecule has 2 rings (SSSR count). The van der Waals surface area contributed by atoms with Crippen LogP contribution < -0.4 is 5.73 Å². The van der Waals surface area contributed by atoms with Crippen LogP contribution in [0, 0.1) is 24.0 Å². The lowest BCUT2D eigenvalue weighted by Gasteiger charge is -2.33. The number of pyridine rings is 1. The molecule has 1 saturated carbocycles. The zero-order chi connectivity index (χ0) is 15.5. The van der Waals surface area contributed by atoms with E-state index in [1.165, 1.54) is 12.6 Å². The maximum Gasteiger partial charge on any atom is 0.278 e. The van der Waals surface area contributed by atoms with Crippen molar-refractivity contribution in [3.8, 4) is 0 Å². The maximum absolute atomic E-state index is 11.1. The van der Waals surface area contributed by atoms with Crippen molar-refractivity contribution in [3.05, 3.63) is 33.1 Å². The van der Waals surface area contributed by atoms with Gasteiger partial charge in [-0.05, 0) is 26.7 Å². The molecule has 0 saturated heterocycles. The van der Waals surface area contributed by atoms with E-state index in [0.29, 0.717) is 23.4 Å². The van der Waals surface area contributed by atoms with Crippen LogP contribution in [-0.4, -0.2) is 22.1 Å². The Morgan fingerprint density at radius 3 is 2.67 bits per heavy atom. The minimum Gasteiger partial charge on any atom is -0.373 e. The summed E-state index contributed by atoms with van der Waals surface area (Å²) in [4.78, 5) is 15.0. The molecule has 0 amide bonds. The fourth-order valence-electron chi connectivity index (χ4n) is 2.94. The van der Waals surface area contributed by atoms with Gasteiger partial charge in [0.25, 0.3) is 5.69 Å². The van der Waals surface area contributed by atoms with Gasteiger partial charge < -0.3 is 10.5 Å². The fourth-order valence-corrected chi connectivity index (χ4v) is 2.94. The zero-order valence-electron chi connectivity index (χ0n) is 12.7. The monoisotopic (exact) mass is 293 g/mol. The Balaban J connectivity index is 2.00. The first-order valence-corrected chi connectivity index (χ1v) is 7.39. The molecule has 1 aliphatic rings. The number of nitrogens with two attached hydrogens (primary N) is 1. The van der Waals surface area contributed by atoms with E-state index in [2.05, 4.69) is 4.98 Å². The standard InChI is InChI=1S/C15H23N3O3/c1-11-8-17-13(12(2)14(11)18(19)20)9-21-10-15(16)6-4-3-5-7-15/h8H,3-7,9-10,16H2,1-2H3. The van der Waals surface area contributed by atoms with E-state index < -0.39 is 0 Å². The number of aromatic nitrogens is 1. The molecule has 6 heteroatoms.